The number of carbonyl (C=O) groups is 2. The molecule has 0 aromatic heterocycles. The summed E-state index contributed by atoms with van der Waals surface area (Å²) in [5, 5.41) is 3.02. The van der Waals surface area contributed by atoms with Gasteiger partial charge in [-0.2, -0.15) is 0 Å². The summed E-state index contributed by atoms with van der Waals surface area (Å²) in [6, 6.07) is 13.0. The summed E-state index contributed by atoms with van der Waals surface area (Å²) in [4.78, 5) is 27.9. The Morgan fingerprint density at radius 2 is 1.96 bits per heavy atom. The van der Waals surface area contributed by atoms with Crippen LogP contribution in [0.5, 0.6) is 11.5 Å². The molecule has 2 heterocycles. The van der Waals surface area contributed by atoms with Gasteiger partial charge in [-0.25, -0.2) is 0 Å². The average molecular weight is 384 g/mol. The van der Waals surface area contributed by atoms with Crippen LogP contribution < -0.4 is 19.7 Å². The molecule has 2 amide bonds. The maximum atomic E-state index is 12.7. The molecule has 0 aliphatic carbocycles. The smallest absolute Gasteiger partial charge is 0.244 e. The molecular weight excluding hydrogens is 364 g/mol. The first kappa shape index (κ1) is 17.7. The van der Waals surface area contributed by atoms with E-state index in [-0.39, 0.29) is 23.6 Å². The number of benzene rings is 2. The predicted molar refractivity (Wildman–Crippen MR) is 105 cm³/mol. The maximum absolute atomic E-state index is 12.7. The number of ether oxygens (including phenoxy) is 2. The first-order valence-electron chi connectivity index (χ1n) is 8.86. The second kappa shape index (κ2) is 7.52. The number of hydrogen-bond acceptors (Lipinski definition) is 5. The zero-order chi connectivity index (χ0) is 18.8. The quantitative estimate of drug-likeness (QED) is 0.879. The summed E-state index contributed by atoms with van der Waals surface area (Å²) in [7, 11) is 0. The maximum Gasteiger partial charge on any atom is 0.244 e. The highest BCUT2D eigenvalue weighted by Crippen LogP contribution is 2.37. The number of para-hydroxylation sites is 1. The standard InChI is InChI=1S/C20H20N2O4S/c1-13-10-20(24)22(15-4-2-3-5-18(15)27-13)12-19(23)21-14-6-7-16-17(11-14)26-9-8-25-16/h2-7,11,13H,8-10,12H2,1H3,(H,21,23)/t13-/m1/s1. The number of anilines is 2. The lowest BCUT2D eigenvalue weighted by Gasteiger charge is -2.22. The van der Waals surface area contributed by atoms with Gasteiger partial charge in [0.15, 0.2) is 11.5 Å². The van der Waals surface area contributed by atoms with E-state index in [1.165, 1.54) is 0 Å². The first-order chi connectivity index (χ1) is 13.1. The van der Waals surface area contributed by atoms with E-state index >= 15 is 0 Å². The van der Waals surface area contributed by atoms with Crippen molar-refractivity contribution < 1.29 is 19.1 Å². The molecule has 2 aliphatic rings. The minimum atomic E-state index is -0.255. The van der Waals surface area contributed by atoms with Crippen molar-refractivity contribution >= 4 is 35.0 Å². The number of thioether (sulfide) groups is 1. The van der Waals surface area contributed by atoms with Gasteiger partial charge in [-0.05, 0) is 24.3 Å². The van der Waals surface area contributed by atoms with Gasteiger partial charge >= 0.3 is 0 Å². The van der Waals surface area contributed by atoms with E-state index in [1.807, 2.05) is 31.2 Å². The van der Waals surface area contributed by atoms with Crippen molar-refractivity contribution in [2.45, 2.75) is 23.5 Å². The fourth-order valence-electron chi connectivity index (χ4n) is 3.17. The van der Waals surface area contributed by atoms with E-state index < -0.39 is 0 Å². The van der Waals surface area contributed by atoms with Crippen LogP contribution in [0.15, 0.2) is 47.4 Å². The fraction of sp³-hybridized carbons (Fsp3) is 0.300. The molecule has 27 heavy (non-hydrogen) atoms. The summed E-state index contributed by atoms with van der Waals surface area (Å²) < 4.78 is 11.0. The normalized spacial score (nSPS) is 18.5. The Balaban J connectivity index is 1.51. The Bertz CT molecular complexity index is 886. The highest BCUT2D eigenvalue weighted by Gasteiger charge is 2.27. The highest BCUT2D eigenvalue weighted by atomic mass is 32.2. The molecule has 4 rings (SSSR count). The Morgan fingerprint density at radius 3 is 2.81 bits per heavy atom. The van der Waals surface area contributed by atoms with Gasteiger partial charge in [-0.15, -0.1) is 11.8 Å². The topological polar surface area (TPSA) is 67.9 Å². The summed E-state index contributed by atoms with van der Waals surface area (Å²) >= 11 is 1.66. The summed E-state index contributed by atoms with van der Waals surface area (Å²) in [6.07, 6.45) is 0.399. The molecule has 2 aliphatic heterocycles. The molecule has 0 saturated carbocycles. The van der Waals surface area contributed by atoms with E-state index in [0.29, 0.717) is 36.8 Å². The molecule has 0 spiro atoms. The third-order valence-electron chi connectivity index (χ3n) is 4.37. The van der Waals surface area contributed by atoms with Crippen LogP contribution in [-0.2, 0) is 9.59 Å². The molecule has 140 valence electrons. The number of carbonyl (C=O) groups excluding carboxylic acids is 2. The molecule has 2 aromatic rings. The molecule has 6 nitrogen and oxygen atoms in total. The van der Waals surface area contributed by atoms with Crippen molar-refractivity contribution in [1.82, 2.24) is 0 Å². The number of nitrogens with one attached hydrogen (secondary N) is 1. The molecule has 0 unspecified atom stereocenters. The van der Waals surface area contributed by atoms with Crippen molar-refractivity contribution in [2.75, 3.05) is 30.0 Å². The molecule has 7 heteroatoms. The van der Waals surface area contributed by atoms with Crippen molar-refractivity contribution in [3.05, 3.63) is 42.5 Å². The molecule has 0 bridgehead atoms. The van der Waals surface area contributed by atoms with E-state index in [0.717, 1.165) is 10.6 Å². The highest BCUT2D eigenvalue weighted by molar-refractivity contribution is 8.00. The van der Waals surface area contributed by atoms with E-state index in [2.05, 4.69) is 5.32 Å². The Labute approximate surface area is 161 Å². The summed E-state index contributed by atoms with van der Waals surface area (Å²) in [5.74, 6) is 0.981. The van der Waals surface area contributed by atoms with Gasteiger partial charge in [0.2, 0.25) is 11.8 Å². The van der Waals surface area contributed by atoms with Crippen LogP contribution in [0.25, 0.3) is 0 Å². The van der Waals surface area contributed by atoms with Crippen LogP contribution in [0.3, 0.4) is 0 Å². The predicted octanol–water partition coefficient (Wildman–Crippen LogP) is 3.31. The van der Waals surface area contributed by atoms with Gasteiger partial charge < -0.3 is 19.7 Å². The lowest BCUT2D eigenvalue weighted by Crippen LogP contribution is -2.38. The van der Waals surface area contributed by atoms with E-state index in [1.54, 1.807) is 34.9 Å². The lowest BCUT2D eigenvalue weighted by molar-refractivity contribution is -0.121. The third-order valence-corrected chi connectivity index (χ3v) is 5.54. The molecule has 0 saturated heterocycles. The average Bonchev–Trinajstić information content (AvgIpc) is 2.77. The SMILES string of the molecule is C[C@@H]1CC(=O)N(CC(=O)Nc2ccc3c(c2)OCCO3)c2ccccc2S1. The minimum Gasteiger partial charge on any atom is -0.486 e. The monoisotopic (exact) mass is 384 g/mol. The Hall–Kier alpha value is -2.67. The number of hydrogen-bond donors (Lipinski definition) is 1. The Kier molecular flexibility index (Phi) is 4.94. The van der Waals surface area contributed by atoms with Crippen LogP contribution in [0.1, 0.15) is 13.3 Å². The minimum absolute atomic E-state index is 0.0302. The molecule has 0 radical (unpaired) electrons. The molecule has 1 atom stereocenters. The molecular formula is C20H20N2O4S. The van der Waals surface area contributed by atoms with Gasteiger partial charge in [0.05, 0.1) is 5.69 Å². The lowest BCUT2D eigenvalue weighted by atomic mass is 10.2. The number of amides is 2. The summed E-state index contributed by atoms with van der Waals surface area (Å²) in [6.45, 7) is 3.00. The van der Waals surface area contributed by atoms with E-state index in [9.17, 15) is 9.59 Å². The van der Waals surface area contributed by atoms with E-state index in [4.69, 9.17) is 9.47 Å². The first-order valence-corrected chi connectivity index (χ1v) is 9.73. The van der Waals surface area contributed by atoms with Crippen molar-refractivity contribution in [3.63, 3.8) is 0 Å². The molecule has 2 aromatic carbocycles. The zero-order valence-electron chi connectivity index (χ0n) is 14.9. The zero-order valence-corrected chi connectivity index (χ0v) is 15.8. The van der Waals surface area contributed by atoms with Crippen LogP contribution in [-0.4, -0.2) is 36.8 Å². The van der Waals surface area contributed by atoms with Crippen LogP contribution in [0.2, 0.25) is 0 Å². The number of rotatable bonds is 3. The van der Waals surface area contributed by atoms with Gasteiger partial charge in [0, 0.05) is 28.3 Å². The van der Waals surface area contributed by atoms with Crippen molar-refractivity contribution in [2.24, 2.45) is 0 Å². The van der Waals surface area contributed by atoms with Crippen LogP contribution in [0, 0.1) is 0 Å². The third kappa shape index (κ3) is 3.88. The van der Waals surface area contributed by atoms with Gasteiger partial charge in [-0.1, -0.05) is 19.1 Å². The number of nitrogens with zero attached hydrogens (tertiary/aromatic N) is 1. The van der Waals surface area contributed by atoms with Gasteiger partial charge in [0.25, 0.3) is 0 Å². The summed E-state index contributed by atoms with van der Waals surface area (Å²) in [5.41, 5.74) is 1.40. The fourth-order valence-corrected chi connectivity index (χ4v) is 4.28. The van der Waals surface area contributed by atoms with Gasteiger partial charge in [0.1, 0.15) is 19.8 Å². The second-order valence-corrected chi connectivity index (χ2v) is 7.97. The molecule has 1 N–H and O–H groups in total. The van der Waals surface area contributed by atoms with Gasteiger partial charge in [-0.3, -0.25) is 9.59 Å². The second-order valence-electron chi connectivity index (χ2n) is 6.49. The Morgan fingerprint density at radius 1 is 1.19 bits per heavy atom. The molecule has 0 fully saturated rings. The van der Waals surface area contributed by atoms with Crippen molar-refractivity contribution in [3.8, 4) is 11.5 Å². The van der Waals surface area contributed by atoms with Crippen molar-refractivity contribution in [1.29, 1.82) is 0 Å². The van der Waals surface area contributed by atoms with Crippen LogP contribution >= 0.6 is 11.8 Å². The van der Waals surface area contributed by atoms with Crippen LogP contribution in [0.4, 0.5) is 11.4 Å². The number of fused-ring (bicyclic) bond motifs is 2. The largest absolute Gasteiger partial charge is 0.486 e.